The van der Waals surface area contributed by atoms with Crippen molar-refractivity contribution in [3.8, 4) is 0 Å². The Kier molecular flexibility index (Phi) is 4.39. The number of hydrogen-bond donors (Lipinski definition) is 0. The molecule has 0 fully saturated rings. The summed E-state index contributed by atoms with van der Waals surface area (Å²) < 4.78 is 25.8. The standard InChI is InChI=1S/C14H13F2NOS/c1-17(8-11-3-2-6-19-11)9-14(18)10-4-5-12(15)13(16)7-10/h2-7H,8-9H2,1H3. The van der Waals surface area contributed by atoms with E-state index in [1.54, 1.807) is 11.3 Å². The lowest BCUT2D eigenvalue weighted by molar-refractivity contribution is 0.0943. The fraction of sp³-hybridized carbons (Fsp3) is 0.214. The van der Waals surface area contributed by atoms with E-state index in [0.717, 1.165) is 17.0 Å². The van der Waals surface area contributed by atoms with Crippen molar-refractivity contribution in [3.05, 3.63) is 57.8 Å². The predicted molar refractivity (Wildman–Crippen MR) is 71.3 cm³/mol. The zero-order valence-electron chi connectivity index (χ0n) is 10.4. The van der Waals surface area contributed by atoms with E-state index < -0.39 is 11.6 Å². The first-order valence-electron chi connectivity index (χ1n) is 5.75. The van der Waals surface area contributed by atoms with Crippen LogP contribution in [0.2, 0.25) is 0 Å². The molecule has 2 nitrogen and oxygen atoms in total. The molecule has 2 aromatic rings. The number of hydrogen-bond acceptors (Lipinski definition) is 3. The van der Waals surface area contributed by atoms with Gasteiger partial charge in [-0.25, -0.2) is 8.78 Å². The molecular formula is C14H13F2NOS. The Bertz CT molecular complexity index is 569. The van der Waals surface area contributed by atoms with Crippen LogP contribution in [0.4, 0.5) is 8.78 Å². The molecule has 19 heavy (non-hydrogen) atoms. The lowest BCUT2D eigenvalue weighted by Gasteiger charge is -2.14. The van der Waals surface area contributed by atoms with Gasteiger partial charge in [-0.05, 0) is 36.7 Å². The Hall–Kier alpha value is -1.59. The third kappa shape index (κ3) is 3.68. The van der Waals surface area contributed by atoms with E-state index in [1.807, 2.05) is 29.5 Å². The Morgan fingerprint density at radius 2 is 2.05 bits per heavy atom. The summed E-state index contributed by atoms with van der Waals surface area (Å²) in [6.45, 7) is 0.829. The first kappa shape index (κ1) is 13.8. The van der Waals surface area contributed by atoms with Gasteiger partial charge in [0.15, 0.2) is 17.4 Å². The van der Waals surface area contributed by atoms with Gasteiger partial charge in [-0.15, -0.1) is 11.3 Å². The van der Waals surface area contributed by atoms with Gasteiger partial charge in [-0.3, -0.25) is 9.69 Å². The highest BCUT2D eigenvalue weighted by Crippen LogP contribution is 2.13. The molecule has 2 rings (SSSR count). The lowest BCUT2D eigenvalue weighted by Crippen LogP contribution is -2.25. The quantitative estimate of drug-likeness (QED) is 0.783. The van der Waals surface area contributed by atoms with E-state index in [9.17, 15) is 13.6 Å². The van der Waals surface area contributed by atoms with E-state index in [1.165, 1.54) is 6.07 Å². The molecule has 100 valence electrons. The zero-order valence-corrected chi connectivity index (χ0v) is 11.2. The number of ketones is 1. The average molecular weight is 281 g/mol. The highest BCUT2D eigenvalue weighted by atomic mass is 32.1. The third-order valence-electron chi connectivity index (χ3n) is 2.66. The number of carbonyl (C=O) groups is 1. The molecule has 0 aliphatic rings. The summed E-state index contributed by atoms with van der Waals surface area (Å²) in [5.74, 6) is -2.16. The summed E-state index contributed by atoms with van der Waals surface area (Å²) in [6.07, 6.45) is 0. The van der Waals surface area contributed by atoms with Gasteiger partial charge in [0.05, 0.1) is 6.54 Å². The van der Waals surface area contributed by atoms with Gasteiger partial charge in [-0.2, -0.15) is 0 Å². The van der Waals surface area contributed by atoms with Crippen molar-refractivity contribution in [1.29, 1.82) is 0 Å². The fourth-order valence-electron chi connectivity index (χ4n) is 1.73. The Morgan fingerprint density at radius 3 is 2.68 bits per heavy atom. The smallest absolute Gasteiger partial charge is 0.176 e. The molecule has 0 radical (unpaired) electrons. The summed E-state index contributed by atoms with van der Waals surface area (Å²) >= 11 is 1.62. The average Bonchev–Trinajstić information content (AvgIpc) is 2.85. The van der Waals surface area contributed by atoms with Crippen molar-refractivity contribution < 1.29 is 13.6 Å². The molecular weight excluding hydrogens is 268 g/mol. The summed E-state index contributed by atoms with van der Waals surface area (Å²) in [7, 11) is 1.82. The minimum Gasteiger partial charge on any atom is -0.294 e. The number of thiophene rings is 1. The SMILES string of the molecule is CN(CC(=O)c1ccc(F)c(F)c1)Cc1cccs1. The zero-order chi connectivity index (χ0) is 13.8. The largest absolute Gasteiger partial charge is 0.294 e. The minimum absolute atomic E-state index is 0.170. The van der Waals surface area contributed by atoms with E-state index in [2.05, 4.69) is 0 Å². The molecule has 5 heteroatoms. The van der Waals surface area contributed by atoms with Gasteiger partial charge >= 0.3 is 0 Å². The number of Topliss-reactive ketones (excluding diaryl/α,β-unsaturated/α-hetero) is 1. The minimum atomic E-state index is -0.994. The van der Waals surface area contributed by atoms with Crippen LogP contribution in [-0.4, -0.2) is 24.3 Å². The molecule has 0 saturated heterocycles. The van der Waals surface area contributed by atoms with Crippen molar-refractivity contribution in [3.63, 3.8) is 0 Å². The van der Waals surface area contributed by atoms with Crippen LogP contribution in [0.1, 0.15) is 15.2 Å². The normalized spacial score (nSPS) is 10.9. The van der Waals surface area contributed by atoms with Crippen molar-refractivity contribution in [1.82, 2.24) is 4.90 Å². The van der Waals surface area contributed by atoms with Crippen LogP contribution >= 0.6 is 11.3 Å². The van der Waals surface area contributed by atoms with Gasteiger partial charge in [0.1, 0.15) is 0 Å². The second-order valence-corrected chi connectivity index (χ2v) is 5.34. The molecule has 0 aliphatic carbocycles. The third-order valence-corrected chi connectivity index (χ3v) is 3.52. The van der Waals surface area contributed by atoms with Gasteiger partial charge < -0.3 is 0 Å². The van der Waals surface area contributed by atoms with Crippen molar-refractivity contribution in [2.24, 2.45) is 0 Å². The number of likely N-dealkylation sites (N-methyl/N-ethyl adjacent to an activating group) is 1. The number of halogens is 2. The second kappa shape index (κ2) is 6.04. The summed E-state index contributed by atoms with van der Waals surface area (Å²) in [4.78, 5) is 14.9. The second-order valence-electron chi connectivity index (χ2n) is 4.30. The van der Waals surface area contributed by atoms with E-state index in [0.29, 0.717) is 6.54 Å². The summed E-state index contributed by atoms with van der Waals surface area (Å²) in [6, 6.07) is 7.16. The van der Waals surface area contributed by atoms with Crippen LogP contribution < -0.4 is 0 Å². The fourth-order valence-corrected chi connectivity index (χ4v) is 2.51. The molecule has 1 aromatic heterocycles. The number of rotatable bonds is 5. The molecule has 0 amide bonds. The Morgan fingerprint density at radius 1 is 1.26 bits per heavy atom. The molecule has 1 aromatic carbocycles. The highest BCUT2D eigenvalue weighted by Gasteiger charge is 2.12. The maximum absolute atomic E-state index is 13.0. The van der Waals surface area contributed by atoms with Gasteiger partial charge in [-0.1, -0.05) is 6.07 Å². The van der Waals surface area contributed by atoms with Crippen molar-refractivity contribution in [2.75, 3.05) is 13.6 Å². The summed E-state index contributed by atoms with van der Waals surface area (Å²) in [5.41, 5.74) is 0.192. The molecule has 0 aliphatic heterocycles. The first-order valence-corrected chi connectivity index (χ1v) is 6.63. The van der Waals surface area contributed by atoms with Crippen LogP contribution in [-0.2, 0) is 6.54 Å². The van der Waals surface area contributed by atoms with Crippen LogP contribution in [0.5, 0.6) is 0 Å². The van der Waals surface area contributed by atoms with Gasteiger partial charge in [0.2, 0.25) is 0 Å². The first-order chi connectivity index (χ1) is 9.06. The Labute approximate surface area is 114 Å². The predicted octanol–water partition coefficient (Wildman–Crippen LogP) is 3.34. The van der Waals surface area contributed by atoms with Crippen molar-refractivity contribution in [2.45, 2.75) is 6.54 Å². The van der Waals surface area contributed by atoms with E-state index in [4.69, 9.17) is 0 Å². The Balaban J connectivity index is 1.98. The van der Waals surface area contributed by atoms with Gasteiger partial charge in [0, 0.05) is 17.0 Å². The van der Waals surface area contributed by atoms with Crippen LogP contribution in [0.15, 0.2) is 35.7 Å². The van der Waals surface area contributed by atoms with E-state index >= 15 is 0 Å². The van der Waals surface area contributed by atoms with Gasteiger partial charge in [0.25, 0.3) is 0 Å². The molecule has 0 unspecified atom stereocenters. The molecule has 0 N–H and O–H groups in total. The maximum atomic E-state index is 13.0. The van der Waals surface area contributed by atoms with Crippen molar-refractivity contribution >= 4 is 17.1 Å². The molecule has 0 atom stereocenters. The van der Waals surface area contributed by atoms with Crippen LogP contribution in [0.3, 0.4) is 0 Å². The number of benzene rings is 1. The molecule has 0 bridgehead atoms. The topological polar surface area (TPSA) is 20.3 Å². The van der Waals surface area contributed by atoms with Crippen LogP contribution in [0.25, 0.3) is 0 Å². The van der Waals surface area contributed by atoms with E-state index in [-0.39, 0.29) is 17.9 Å². The van der Waals surface area contributed by atoms with Crippen LogP contribution in [0, 0.1) is 11.6 Å². The lowest BCUT2D eigenvalue weighted by atomic mass is 10.1. The molecule has 1 heterocycles. The number of carbonyl (C=O) groups excluding carboxylic acids is 1. The molecule has 0 saturated carbocycles. The molecule has 0 spiro atoms. The number of nitrogens with zero attached hydrogens (tertiary/aromatic N) is 1. The highest BCUT2D eigenvalue weighted by molar-refractivity contribution is 7.09. The maximum Gasteiger partial charge on any atom is 0.176 e. The summed E-state index contributed by atoms with van der Waals surface area (Å²) in [5, 5.41) is 1.97. The monoisotopic (exact) mass is 281 g/mol.